The first kappa shape index (κ1) is 15.4. The van der Waals surface area contributed by atoms with Crippen molar-refractivity contribution in [3.8, 4) is 11.3 Å². The van der Waals surface area contributed by atoms with Crippen LogP contribution in [0.5, 0.6) is 0 Å². The molecule has 0 spiro atoms. The van der Waals surface area contributed by atoms with Crippen molar-refractivity contribution in [2.45, 2.75) is 45.2 Å². The third-order valence-electron chi connectivity index (χ3n) is 6.70. The van der Waals surface area contributed by atoms with E-state index in [0.717, 1.165) is 5.69 Å². The molecule has 1 aromatic carbocycles. The molecule has 0 fully saturated rings. The number of hydrogen-bond acceptors (Lipinski definition) is 1. The van der Waals surface area contributed by atoms with Crippen molar-refractivity contribution in [2.24, 2.45) is 5.41 Å². The first-order chi connectivity index (χ1) is 10.1. The molecular formula is C19H25B2N. The topological polar surface area (TPSA) is 12.9 Å². The second-order valence-electron chi connectivity index (χ2n) is 8.32. The number of aryl methyl sites for hydroxylation is 1. The zero-order valence-corrected chi connectivity index (χ0v) is 14.9. The van der Waals surface area contributed by atoms with E-state index < -0.39 is 0 Å². The summed E-state index contributed by atoms with van der Waals surface area (Å²) in [4.78, 5) is 4.78. The molecule has 3 rings (SSSR count). The Morgan fingerprint density at radius 3 is 2.05 bits per heavy atom. The van der Waals surface area contributed by atoms with Crippen molar-refractivity contribution in [2.75, 3.05) is 0 Å². The van der Waals surface area contributed by atoms with Gasteiger partial charge in [0.1, 0.15) is 15.7 Å². The Bertz CT molecular complexity index is 728. The van der Waals surface area contributed by atoms with Crippen LogP contribution in [0.1, 0.15) is 44.4 Å². The molecular weight excluding hydrogens is 264 g/mol. The van der Waals surface area contributed by atoms with Gasteiger partial charge in [0.2, 0.25) is 0 Å². The van der Waals surface area contributed by atoms with Crippen LogP contribution >= 0.6 is 0 Å². The minimum absolute atomic E-state index is 0.0836. The lowest BCUT2D eigenvalue weighted by atomic mass is 9.45. The summed E-state index contributed by atoms with van der Waals surface area (Å²) >= 11 is 0. The molecule has 2 atom stereocenters. The molecule has 0 saturated heterocycles. The van der Waals surface area contributed by atoms with Gasteiger partial charge < -0.3 is 0 Å². The molecule has 0 bridgehead atoms. The first-order valence-corrected chi connectivity index (χ1v) is 8.18. The summed E-state index contributed by atoms with van der Waals surface area (Å²) in [5.41, 5.74) is 6.72. The van der Waals surface area contributed by atoms with Gasteiger partial charge in [-0.2, -0.15) is 0 Å². The van der Waals surface area contributed by atoms with Crippen molar-refractivity contribution >= 4 is 15.7 Å². The van der Waals surface area contributed by atoms with Gasteiger partial charge >= 0.3 is 0 Å². The Morgan fingerprint density at radius 2 is 1.45 bits per heavy atom. The lowest BCUT2D eigenvalue weighted by Crippen LogP contribution is -2.46. The average Bonchev–Trinajstić information content (AvgIpc) is 2.56. The maximum absolute atomic E-state index is 4.78. The van der Waals surface area contributed by atoms with E-state index in [-0.39, 0.29) is 16.0 Å². The number of hydrogen-bond donors (Lipinski definition) is 0. The van der Waals surface area contributed by atoms with Crippen LogP contribution in [0, 0.1) is 12.3 Å². The molecule has 0 radical (unpaired) electrons. The van der Waals surface area contributed by atoms with Gasteiger partial charge in [0.15, 0.2) is 0 Å². The van der Waals surface area contributed by atoms with Crippen molar-refractivity contribution < 1.29 is 0 Å². The van der Waals surface area contributed by atoms with E-state index >= 15 is 0 Å². The maximum Gasteiger partial charge on any atom is 0.115 e. The summed E-state index contributed by atoms with van der Waals surface area (Å²) in [6, 6.07) is 11.0. The number of rotatable bonds is 1. The highest BCUT2D eigenvalue weighted by Crippen LogP contribution is 2.60. The average molecular weight is 289 g/mol. The molecule has 22 heavy (non-hydrogen) atoms. The normalized spacial score (nSPS) is 29.3. The quantitative estimate of drug-likeness (QED) is 0.736. The van der Waals surface area contributed by atoms with Crippen molar-refractivity contribution in [1.82, 2.24) is 4.98 Å². The predicted molar refractivity (Wildman–Crippen MR) is 100.0 cm³/mol. The fourth-order valence-electron chi connectivity index (χ4n) is 3.98. The van der Waals surface area contributed by atoms with Crippen LogP contribution in [0.25, 0.3) is 11.3 Å². The summed E-state index contributed by atoms with van der Waals surface area (Å²) in [5, 5.41) is 0.217. The van der Waals surface area contributed by atoms with Crippen LogP contribution in [0.15, 0.2) is 36.5 Å². The van der Waals surface area contributed by atoms with Gasteiger partial charge in [-0.15, -0.1) is 0 Å². The first-order valence-electron chi connectivity index (χ1n) is 8.18. The lowest BCUT2D eigenvalue weighted by Gasteiger charge is -2.45. The van der Waals surface area contributed by atoms with E-state index in [2.05, 4.69) is 80.6 Å². The van der Waals surface area contributed by atoms with E-state index in [4.69, 9.17) is 4.98 Å². The standard InChI is InChI=1S/C19H25B2N/c1-12-6-8-13(9-7-12)16-15-14(10-11-22-16)18(4,20)17(2,3)19(15,5)21/h6-11H,20-21H2,1-5H3. The summed E-state index contributed by atoms with van der Waals surface area (Å²) in [6.45, 7) is 11.7. The lowest BCUT2D eigenvalue weighted by molar-refractivity contribution is 0.216. The molecule has 3 heteroatoms. The van der Waals surface area contributed by atoms with E-state index in [1.165, 1.54) is 22.3 Å². The smallest absolute Gasteiger partial charge is 0.115 e. The molecule has 1 nitrogen and oxygen atoms in total. The van der Waals surface area contributed by atoms with Gasteiger partial charge in [0.05, 0.1) is 5.69 Å². The van der Waals surface area contributed by atoms with Gasteiger partial charge in [-0.3, -0.25) is 4.98 Å². The molecule has 2 aromatic rings. The van der Waals surface area contributed by atoms with E-state index in [1.54, 1.807) is 0 Å². The summed E-state index contributed by atoms with van der Waals surface area (Å²) < 4.78 is 0. The third-order valence-corrected chi connectivity index (χ3v) is 6.70. The summed E-state index contributed by atoms with van der Waals surface area (Å²) in [6.07, 6.45) is 1.98. The van der Waals surface area contributed by atoms with Crippen LogP contribution in [-0.4, -0.2) is 20.7 Å². The Labute approximate surface area is 136 Å². The molecule has 0 aliphatic heterocycles. The van der Waals surface area contributed by atoms with Gasteiger partial charge in [0, 0.05) is 11.8 Å². The molecule has 112 valence electrons. The number of fused-ring (bicyclic) bond motifs is 1. The molecule has 1 aliphatic carbocycles. The van der Waals surface area contributed by atoms with E-state index in [1.807, 2.05) is 6.20 Å². The van der Waals surface area contributed by atoms with E-state index in [0.29, 0.717) is 0 Å². The highest BCUT2D eigenvalue weighted by molar-refractivity contribution is 6.23. The van der Waals surface area contributed by atoms with Crippen LogP contribution in [0.4, 0.5) is 0 Å². The Balaban J connectivity index is 2.32. The van der Waals surface area contributed by atoms with Crippen LogP contribution < -0.4 is 0 Å². The van der Waals surface area contributed by atoms with Crippen molar-refractivity contribution in [3.05, 3.63) is 53.2 Å². The molecule has 1 heterocycles. The summed E-state index contributed by atoms with van der Waals surface area (Å²) in [7, 11) is 4.75. The molecule has 0 amide bonds. The van der Waals surface area contributed by atoms with Crippen molar-refractivity contribution in [1.29, 1.82) is 0 Å². The number of aromatic nitrogens is 1. The van der Waals surface area contributed by atoms with E-state index in [9.17, 15) is 0 Å². The highest BCUT2D eigenvalue weighted by Gasteiger charge is 2.57. The summed E-state index contributed by atoms with van der Waals surface area (Å²) in [5.74, 6) is 0. The molecule has 0 saturated carbocycles. The zero-order chi connectivity index (χ0) is 16.3. The van der Waals surface area contributed by atoms with Gasteiger partial charge in [-0.05, 0) is 40.2 Å². The second kappa shape index (κ2) is 4.50. The minimum atomic E-state index is 0.0836. The fourth-order valence-corrected chi connectivity index (χ4v) is 3.98. The molecule has 2 unspecified atom stereocenters. The monoisotopic (exact) mass is 289 g/mol. The number of nitrogens with zero attached hydrogens (tertiary/aromatic N) is 1. The second-order valence-corrected chi connectivity index (χ2v) is 8.32. The number of pyridine rings is 1. The van der Waals surface area contributed by atoms with Crippen LogP contribution in [0.2, 0.25) is 0 Å². The Morgan fingerprint density at radius 1 is 0.864 bits per heavy atom. The van der Waals surface area contributed by atoms with Gasteiger partial charge in [-0.1, -0.05) is 57.5 Å². The van der Waals surface area contributed by atoms with Crippen LogP contribution in [0.3, 0.4) is 0 Å². The molecule has 1 aliphatic rings. The largest absolute Gasteiger partial charge is 0.256 e. The minimum Gasteiger partial charge on any atom is -0.256 e. The Hall–Kier alpha value is -1.50. The number of benzene rings is 1. The molecule has 1 aromatic heterocycles. The highest BCUT2D eigenvalue weighted by atomic mass is 14.7. The SMILES string of the molecule is BC1(C)c2ccnc(-c3ccc(C)cc3)c2C(B)(C)C1(C)C. The fraction of sp³-hybridized carbons (Fsp3) is 0.421. The van der Waals surface area contributed by atoms with Gasteiger partial charge in [0.25, 0.3) is 0 Å². The molecule has 0 N–H and O–H groups in total. The third kappa shape index (κ3) is 1.77. The van der Waals surface area contributed by atoms with Crippen LogP contribution in [-0.2, 0) is 10.6 Å². The van der Waals surface area contributed by atoms with Crippen molar-refractivity contribution in [3.63, 3.8) is 0 Å². The predicted octanol–water partition coefficient (Wildman–Crippen LogP) is 2.79. The zero-order valence-electron chi connectivity index (χ0n) is 14.9. The maximum atomic E-state index is 4.78. The Kier molecular flexibility index (Phi) is 3.15. The van der Waals surface area contributed by atoms with Gasteiger partial charge in [-0.25, -0.2) is 0 Å².